The molecule has 0 aliphatic carbocycles. The number of nitrogens with one attached hydrogen (secondary N) is 2. The normalized spacial score (nSPS) is 16.9. The molecule has 112 valence electrons. The predicted octanol–water partition coefficient (Wildman–Crippen LogP) is 1.57. The summed E-state index contributed by atoms with van der Waals surface area (Å²) in [4.78, 5) is 0. The first-order valence-corrected chi connectivity index (χ1v) is 8.51. The smallest absolute Gasteiger partial charge is 0.301 e. The van der Waals surface area contributed by atoms with Crippen molar-refractivity contribution in [2.75, 3.05) is 24.4 Å². The van der Waals surface area contributed by atoms with E-state index >= 15 is 0 Å². The first-order valence-electron chi connectivity index (χ1n) is 7.07. The molecule has 5 nitrogen and oxygen atoms in total. The maximum atomic E-state index is 12.0. The molecule has 1 aromatic rings. The van der Waals surface area contributed by atoms with Gasteiger partial charge in [0.05, 0.1) is 5.69 Å². The first kappa shape index (κ1) is 15.3. The fraction of sp³-hybridized carbons (Fsp3) is 0.571. The number of anilines is 1. The van der Waals surface area contributed by atoms with Crippen LogP contribution in [-0.2, 0) is 16.6 Å². The second-order valence-electron chi connectivity index (χ2n) is 5.05. The second kappa shape index (κ2) is 6.11. The lowest BCUT2D eigenvalue weighted by atomic mass is 9.98. The lowest BCUT2D eigenvalue weighted by Crippen LogP contribution is -2.42. The molecule has 1 aliphatic rings. The number of benzene rings is 1. The van der Waals surface area contributed by atoms with Crippen LogP contribution in [0.2, 0.25) is 0 Å². The van der Waals surface area contributed by atoms with Gasteiger partial charge in [-0.1, -0.05) is 19.1 Å². The highest BCUT2D eigenvalue weighted by Gasteiger charge is 2.26. The molecule has 0 amide bonds. The van der Waals surface area contributed by atoms with Crippen LogP contribution in [-0.4, -0.2) is 28.6 Å². The van der Waals surface area contributed by atoms with E-state index in [9.17, 15) is 8.42 Å². The average Bonchev–Trinajstić information content (AvgIpc) is 2.46. The monoisotopic (exact) mass is 297 g/mol. The highest BCUT2D eigenvalue weighted by atomic mass is 32.2. The number of fused-ring (bicyclic) bond motifs is 1. The lowest BCUT2D eigenvalue weighted by Gasteiger charge is -2.30. The van der Waals surface area contributed by atoms with Crippen LogP contribution >= 0.6 is 0 Å². The third-order valence-corrected chi connectivity index (χ3v) is 5.21. The zero-order valence-corrected chi connectivity index (χ0v) is 13.1. The van der Waals surface area contributed by atoms with Crippen molar-refractivity contribution in [2.45, 2.75) is 32.7 Å². The zero-order valence-electron chi connectivity index (χ0n) is 12.3. The number of hydrogen-bond donors (Lipinski definition) is 2. The van der Waals surface area contributed by atoms with Gasteiger partial charge in [0.2, 0.25) is 0 Å². The molecule has 1 aliphatic heterocycles. The van der Waals surface area contributed by atoms with E-state index in [0.29, 0.717) is 6.54 Å². The molecule has 0 radical (unpaired) electrons. The molecule has 0 saturated carbocycles. The van der Waals surface area contributed by atoms with Crippen molar-refractivity contribution >= 4 is 15.9 Å². The number of hydrogen-bond acceptors (Lipinski definition) is 3. The molecule has 0 aromatic heterocycles. The molecule has 20 heavy (non-hydrogen) atoms. The Morgan fingerprint density at radius 2 is 2.15 bits per heavy atom. The van der Waals surface area contributed by atoms with Crippen molar-refractivity contribution in [3.8, 4) is 0 Å². The molecule has 6 heteroatoms. The Morgan fingerprint density at radius 1 is 1.40 bits per heavy atom. The van der Waals surface area contributed by atoms with Gasteiger partial charge < -0.3 is 5.32 Å². The van der Waals surface area contributed by atoms with Crippen LogP contribution in [0.1, 0.15) is 37.4 Å². The molecule has 2 N–H and O–H groups in total. The van der Waals surface area contributed by atoms with E-state index < -0.39 is 10.2 Å². The Balaban J connectivity index is 2.36. The summed E-state index contributed by atoms with van der Waals surface area (Å²) >= 11 is 0. The van der Waals surface area contributed by atoms with Crippen molar-refractivity contribution in [3.05, 3.63) is 29.3 Å². The third kappa shape index (κ3) is 2.97. The topological polar surface area (TPSA) is 61.4 Å². The number of nitrogens with zero attached hydrogens (tertiary/aromatic N) is 1. The van der Waals surface area contributed by atoms with Crippen LogP contribution in [0.5, 0.6) is 0 Å². The van der Waals surface area contributed by atoms with Gasteiger partial charge in [-0.15, -0.1) is 0 Å². The maximum absolute atomic E-state index is 12.0. The van der Waals surface area contributed by atoms with E-state index in [2.05, 4.69) is 30.0 Å². The Morgan fingerprint density at radius 3 is 2.80 bits per heavy atom. The molecule has 1 heterocycles. The first-order chi connectivity index (χ1) is 9.49. The molecule has 0 bridgehead atoms. The van der Waals surface area contributed by atoms with Gasteiger partial charge in [0.15, 0.2) is 0 Å². The second-order valence-corrected chi connectivity index (χ2v) is 6.85. The summed E-state index contributed by atoms with van der Waals surface area (Å²) in [6, 6.07) is 6.34. The molecular weight excluding hydrogens is 274 g/mol. The van der Waals surface area contributed by atoms with Crippen molar-refractivity contribution in [1.82, 2.24) is 10.0 Å². The minimum atomic E-state index is -3.41. The number of rotatable bonds is 5. The molecular formula is C14H23N3O2S. The van der Waals surface area contributed by atoms with E-state index in [0.717, 1.165) is 30.6 Å². The highest BCUT2D eigenvalue weighted by Crippen LogP contribution is 2.31. The van der Waals surface area contributed by atoms with Gasteiger partial charge in [0.25, 0.3) is 0 Å². The van der Waals surface area contributed by atoms with Gasteiger partial charge in [0.1, 0.15) is 0 Å². The fourth-order valence-electron chi connectivity index (χ4n) is 2.64. The minimum Gasteiger partial charge on any atom is -0.310 e. The number of aryl methyl sites for hydroxylation is 1. The van der Waals surface area contributed by atoms with Gasteiger partial charge in [-0.25, -0.2) is 4.72 Å². The summed E-state index contributed by atoms with van der Waals surface area (Å²) in [6.45, 7) is 5.66. The van der Waals surface area contributed by atoms with Crippen molar-refractivity contribution in [1.29, 1.82) is 0 Å². The summed E-state index contributed by atoms with van der Waals surface area (Å²) in [5, 5.41) is 3.38. The molecule has 1 atom stereocenters. The molecule has 1 aromatic carbocycles. The van der Waals surface area contributed by atoms with Gasteiger partial charge in [-0.3, -0.25) is 4.31 Å². The van der Waals surface area contributed by atoms with Crippen molar-refractivity contribution in [3.63, 3.8) is 0 Å². The van der Waals surface area contributed by atoms with E-state index in [-0.39, 0.29) is 6.04 Å². The maximum Gasteiger partial charge on any atom is 0.301 e. The molecule has 1 unspecified atom stereocenters. The molecule has 0 spiro atoms. The van der Waals surface area contributed by atoms with E-state index in [1.807, 2.05) is 12.1 Å². The minimum absolute atomic E-state index is 0.279. The van der Waals surface area contributed by atoms with Crippen LogP contribution in [0.25, 0.3) is 0 Å². The highest BCUT2D eigenvalue weighted by molar-refractivity contribution is 7.90. The van der Waals surface area contributed by atoms with Crippen molar-refractivity contribution < 1.29 is 8.42 Å². The fourth-order valence-corrected chi connectivity index (χ4v) is 3.66. The Hall–Kier alpha value is -1.11. The van der Waals surface area contributed by atoms with Gasteiger partial charge >= 0.3 is 10.2 Å². The van der Waals surface area contributed by atoms with E-state index in [1.54, 1.807) is 0 Å². The van der Waals surface area contributed by atoms with E-state index in [1.165, 1.54) is 16.9 Å². The Labute approximate surface area is 121 Å². The molecule has 0 fully saturated rings. The lowest BCUT2D eigenvalue weighted by molar-refractivity contribution is 0.578. The summed E-state index contributed by atoms with van der Waals surface area (Å²) in [5.74, 6) is 0. The molecule has 2 rings (SSSR count). The van der Waals surface area contributed by atoms with Crippen LogP contribution < -0.4 is 14.3 Å². The zero-order chi connectivity index (χ0) is 14.8. The van der Waals surface area contributed by atoms with E-state index in [4.69, 9.17) is 0 Å². The average molecular weight is 297 g/mol. The third-order valence-electron chi connectivity index (χ3n) is 3.74. The largest absolute Gasteiger partial charge is 0.310 e. The van der Waals surface area contributed by atoms with Gasteiger partial charge in [0, 0.05) is 19.6 Å². The van der Waals surface area contributed by atoms with Crippen LogP contribution in [0.4, 0.5) is 5.69 Å². The standard InChI is InChI=1S/C14H23N3O2S/c1-4-16-11(2)12-7-8-14-13(10-12)6-5-9-17(14)20(18,19)15-3/h7-8,10-11,15-16H,4-6,9H2,1-3H3. The summed E-state index contributed by atoms with van der Waals surface area (Å²) in [7, 11) is -1.96. The SMILES string of the molecule is CCNC(C)c1ccc2c(c1)CCCN2S(=O)(=O)NC. The van der Waals surface area contributed by atoms with Crippen LogP contribution in [0, 0.1) is 0 Å². The Bertz CT molecular complexity index is 572. The van der Waals surface area contributed by atoms with Crippen molar-refractivity contribution in [2.24, 2.45) is 0 Å². The Kier molecular flexibility index (Phi) is 4.67. The van der Waals surface area contributed by atoms with Crippen LogP contribution in [0.3, 0.4) is 0 Å². The molecule has 0 saturated heterocycles. The quantitative estimate of drug-likeness (QED) is 0.867. The van der Waals surface area contributed by atoms with Gasteiger partial charge in [-0.2, -0.15) is 8.42 Å². The summed E-state index contributed by atoms with van der Waals surface area (Å²) in [6.07, 6.45) is 1.78. The summed E-state index contributed by atoms with van der Waals surface area (Å²) in [5.41, 5.74) is 3.12. The van der Waals surface area contributed by atoms with Crippen LogP contribution in [0.15, 0.2) is 18.2 Å². The van der Waals surface area contributed by atoms with Gasteiger partial charge in [-0.05, 0) is 43.5 Å². The summed E-state index contributed by atoms with van der Waals surface area (Å²) < 4.78 is 27.9. The predicted molar refractivity (Wildman–Crippen MR) is 82.2 cm³/mol.